The molecule has 0 radical (unpaired) electrons. The number of aromatic nitrogens is 3. The van der Waals surface area contributed by atoms with Crippen LogP contribution in [0.2, 0.25) is 0 Å². The predicted molar refractivity (Wildman–Crippen MR) is 80.4 cm³/mol. The Hall–Kier alpha value is -1.10. The number of nitrogens with zero attached hydrogens (tertiary/aromatic N) is 3. The Morgan fingerprint density at radius 3 is 2.89 bits per heavy atom. The largest absolute Gasteiger partial charge is 0.352 e. The third-order valence-corrected chi connectivity index (χ3v) is 4.67. The summed E-state index contributed by atoms with van der Waals surface area (Å²) in [5.74, 6) is 0.721. The number of anilines is 1. The van der Waals surface area contributed by atoms with Gasteiger partial charge < -0.3 is 5.32 Å². The molecule has 19 heavy (non-hydrogen) atoms. The van der Waals surface area contributed by atoms with E-state index in [0.717, 1.165) is 22.6 Å². The Bertz CT molecular complexity index is 572. The van der Waals surface area contributed by atoms with E-state index >= 15 is 0 Å². The zero-order chi connectivity index (χ0) is 13.3. The number of hydrogen-bond acceptors (Lipinski definition) is 3. The van der Waals surface area contributed by atoms with Crippen molar-refractivity contribution in [3.63, 3.8) is 0 Å². The topological polar surface area (TPSA) is 42.2 Å². The van der Waals surface area contributed by atoms with Gasteiger partial charge in [0.05, 0.1) is 4.47 Å². The molecular formula is C14H19BrN4. The first kappa shape index (κ1) is 12.9. The van der Waals surface area contributed by atoms with Crippen LogP contribution < -0.4 is 5.32 Å². The van der Waals surface area contributed by atoms with E-state index in [2.05, 4.69) is 38.3 Å². The molecule has 0 aliphatic heterocycles. The Kier molecular flexibility index (Phi) is 3.48. The summed E-state index contributed by atoms with van der Waals surface area (Å²) in [4.78, 5) is 4.52. The summed E-state index contributed by atoms with van der Waals surface area (Å²) in [5, 5.41) is 7.86. The molecule has 2 aromatic heterocycles. The van der Waals surface area contributed by atoms with E-state index in [0.29, 0.717) is 5.41 Å². The van der Waals surface area contributed by atoms with Crippen molar-refractivity contribution in [2.45, 2.75) is 39.0 Å². The van der Waals surface area contributed by atoms with E-state index in [4.69, 9.17) is 0 Å². The van der Waals surface area contributed by atoms with Gasteiger partial charge in [-0.2, -0.15) is 4.98 Å². The molecule has 0 unspecified atom stereocenters. The summed E-state index contributed by atoms with van der Waals surface area (Å²) in [6.45, 7) is 3.33. The van der Waals surface area contributed by atoms with E-state index in [9.17, 15) is 0 Å². The number of hydrogen-bond donors (Lipinski definition) is 1. The van der Waals surface area contributed by atoms with Gasteiger partial charge >= 0.3 is 0 Å². The first-order chi connectivity index (χ1) is 9.16. The molecule has 2 heterocycles. The second-order valence-electron chi connectivity index (χ2n) is 5.78. The highest BCUT2D eigenvalue weighted by Crippen LogP contribution is 2.35. The highest BCUT2D eigenvalue weighted by atomic mass is 79.9. The maximum atomic E-state index is 4.52. The highest BCUT2D eigenvalue weighted by molar-refractivity contribution is 9.10. The average molecular weight is 323 g/mol. The van der Waals surface area contributed by atoms with Crippen LogP contribution in [0.15, 0.2) is 22.8 Å². The molecule has 4 nitrogen and oxygen atoms in total. The fourth-order valence-electron chi connectivity index (χ4n) is 2.82. The number of pyridine rings is 1. The van der Waals surface area contributed by atoms with Crippen LogP contribution in [0, 0.1) is 5.41 Å². The number of fused-ring (bicyclic) bond motifs is 1. The molecule has 102 valence electrons. The second kappa shape index (κ2) is 5.12. The van der Waals surface area contributed by atoms with E-state index in [-0.39, 0.29) is 0 Å². The van der Waals surface area contributed by atoms with Crippen LogP contribution in [0.1, 0.15) is 39.0 Å². The van der Waals surface area contributed by atoms with Crippen molar-refractivity contribution in [3.8, 4) is 0 Å². The molecule has 3 rings (SSSR count). The van der Waals surface area contributed by atoms with Crippen LogP contribution >= 0.6 is 15.9 Å². The Labute approximate surface area is 121 Å². The van der Waals surface area contributed by atoms with Crippen molar-refractivity contribution in [2.24, 2.45) is 5.41 Å². The third-order valence-electron chi connectivity index (χ3n) is 4.05. The van der Waals surface area contributed by atoms with Crippen LogP contribution in [0.3, 0.4) is 0 Å². The van der Waals surface area contributed by atoms with Crippen LogP contribution in [0.25, 0.3) is 5.65 Å². The van der Waals surface area contributed by atoms with Gasteiger partial charge in [0.1, 0.15) is 0 Å². The van der Waals surface area contributed by atoms with Crippen molar-refractivity contribution in [2.75, 3.05) is 11.9 Å². The van der Waals surface area contributed by atoms with Crippen molar-refractivity contribution >= 4 is 27.5 Å². The molecule has 1 fully saturated rings. The molecule has 1 aliphatic rings. The van der Waals surface area contributed by atoms with Crippen molar-refractivity contribution in [1.82, 2.24) is 14.6 Å². The predicted octanol–water partition coefficient (Wildman–Crippen LogP) is 3.87. The summed E-state index contributed by atoms with van der Waals surface area (Å²) in [6.07, 6.45) is 8.61. The Morgan fingerprint density at radius 2 is 2.16 bits per heavy atom. The van der Waals surface area contributed by atoms with Crippen LogP contribution in [0.4, 0.5) is 5.95 Å². The van der Waals surface area contributed by atoms with Crippen molar-refractivity contribution in [3.05, 3.63) is 22.8 Å². The second-order valence-corrected chi connectivity index (χ2v) is 6.64. The monoisotopic (exact) mass is 322 g/mol. The molecule has 0 amide bonds. The summed E-state index contributed by atoms with van der Waals surface area (Å²) < 4.78 is 2.77. The quantitative estimate of drug-likeness (QED) is 0.932. The average Bonchev–Trinajstić information content (AvgIpc) is 2.82. The minimum absolute atomic E-state index is 0.396. The minimum Gasteiger partial charge on any atom is -0.352 e. The molecule has 2 aromatic rings. The molecule has 5 heteroatoms. The van der Waals surface area contributed by atoms with Gasteiger partial charge in [-0.05, 0) is 46.3 Å². The molecule has 1 N–H and O–H groups in total. The summed E-state index contributed by atoms with van der Waals surface area (Å²) in [5.41, 5.74) is 1.26. The van der Waals surface area contributed by atoms with E-state index in [1.807, 2.05) is 18.3 Å². The number of rotatable bonds is 3. The molecule has 0 atom stereocenters. The lowest BCUT2D eigenvalue weighted by molar-refractivity contribution is 0.233. The summed E-state index contributed by atoms with van der Waals surface area (Å²) >= 11 is 3.50. The molecule has 1 saturated carbocycles. The van der Waals surface area contributed by atoms with Crippen LogP contribution in [-0.4, -0.2) is 21.1 Å². The normalized spacial score (nSPS) is 18.6. The van der Waals surface area contributed by atoms with Gasteiger partial charge in [-0.1, -0.05) is 26.2 Å². The van der Waals surface area contributed by atoms with Gasteiger partial charge in [0.2, 0.25) is 5.95 Å². The van der Waals surface area contributed by atoms with Gasteiger partial charge in [0, 0.05) is 12.7 Å². The fraction of sp³-hybridized carbons (Fsp3) is 0.571. The molecular weight excluding hydrogens is 304 g/mol. The number of halogens is 1. The maximum absolute atomic E-state index is 4.52. The van der Waals surface area contributed by atoms with E-state index in [1.54, 1.807) is 4.52 Å². The van der Waals surface area contributed by atoms with E-state index in [1.165, 1.54) is 32.1 Å². The first-order valence-corrected chi connectivity index (χ1v) is 7.70. The SMILES string of the molecule is CC1(CNc2nc3c(Br)cccn3n2)CCCCC1. The third kappa shape index (κ3) is 2.76. The molecule has 0 saturated heterocycles. The van der Waals surface area contributed by atoms with Crippen molar-refractivity contribution < 1.29 is 0 Å². The first-order valence-electron chi connectivity index (χ1n) is 6.91. The molecule has 1 aliphatic carbocycles. The molecule has 0 bridgehead atoms. The van der Waals surface area contributed by atoms with Crippen molar-refractivity contribution in [1.29, 1.82) is 0 Å². The lowest BCUT2D eigenvalue weighted by Gasteiger charge is -2.33. The minimum atomic E-state index is 0.396. The lowest BCUT2D eigenvalue weighted by atomic mass is 9.76. The maximum Gasteiger partial charge on any atom is 0.243 e. The summed E-state index contributed by atoms with van der Waals surface area (Å²) in [7, 11) is 0. The van der Waals surface area contributed by atoms with Gasteiger partial charge in [-0.15, -0.1) is 5.10 Å². The van der Waals surface area contributed by atoms with Gasteiger partial charge in [0.15, 0.2) is 5.65 Å². The van der Waals surface area contributed by atoms with Crippen LogP contribution in [-0.2, 0) is 0 Å². The Balaban J connectivity index is 1.73. The zero-order valence-corrected chi connectivity index (χ0v) is 12.8. The lowest BCUT2D eigenvalue weighted by Crippen LogP contribution is -2.29. The Morgan fingerprint density at radius 1 is 1.37 bits per heavy atom. The number of nitrogens with one attached hydrogen (secondary N) is 1. The van der Waals surface area contributed by atoms with Gasteiger partial charge in [-0.3, -0.25) is 0 Å². The summed E-state index contributed by atoms with van der Waals surface area (Å²) in [6, 6.07) is 3.94. The zero-order valence-electron chi connectivity index (χ0n) is 11.2. The van der Waals surface area contributed by atoms with E-state index < -0.39 is 0 Å². The van der Waals surface area contributed by atoms with Crippen LogP contribution in [0.5, 0.6) is 0 Å². The van der Waals surface area contributed by atoms with Gasteiger partial charge in [0.25, 0.3) is 0 Å². The molecule has 0 aromatic carbocycles. The molecule has 0 spiro atoms. The standard InChI is InChI=1S/C14H19BrN4/c1-14(7-3-2-4-8-14)10-16-13-17-12-11(15)6-5-9-19(12)18-13/h5-6,9H,2-4,7-8,10H2,1H3,(H,16,18). The highest BCUT2D eigenvalue weighted by Gasteiger charge is 2.26. The smallest absolute Gasteiger partial charge is 0.243 e. The fourth-order valence-corrected chi connectivity index (χ4v) is 3.25. The van der Waals surface area contributed by atoms with Gasteiger partial charge in [-0.25, -0.2) is 4.52 Å².